The molecule has 0 bridgehead atoms. The van der Waals surface area contributed by atoms with E-state index >= 15 is 0 Å². The van der Waals surface area contributed by atoms with Gasteiger partial charge in [-0.2, -0.15) is 5.10 Å². The molecule has 2 aromatic rings. The molecule has 0 amide bonds. The second-order valence-electron chi connectivity index (χ2n) is 5.94. The fraction of sp³-hybridized carbons (Fsp3) is 0.438. The molecule has 0 fully saturated rings. The Balaban J connectivity index is 2.29. The minimum atomic E-state index is -0.238. The van der Waals surface area contributed by atoms with E-state index < -0.39 is 0 Å². The van der Waals surface area contributed by atoms with Crippen molar-refractivity contribution in [2.75, 3.05) is 0 Å². The third-order valence-corrected chi connectivity index (χ3v) is 3.61. The molecular weight excluding hydrogens is 253 g/mol. The fourth-order valence-electron chi connectivity index (χ4n) is 2.31. The molecule has 1 heterocycles. The summed E-state index contributed by atoms with van der Waals surface area (Å²) in [6.07, 6.45) is 1.86. The summed E-state index contributed by atoms with van der Waals surface area (Å²) >= 11 is 0. The zero-order chi connectivity index (χ0) is 14.8. The minimum absolute atomic E-state index is 0.212. The standard InChI is InChI=1S/C16H22FN3/c1-11(2)18-9-12-10-19-20-15(12)16(3,4)13-5-7-14(17)8-6-13/h5-8,10-11,18H,9H2,1-4H3,(H,19,20). The Morgan fingerprint density at radius 2 is 1.90 bits per heavy atom. The summed E-state index contributed by atoms with van der Waals surface area (Å²) in [4.78, 5) is 0. The van der Waals surface area contributed by atoms with Crippen LogP contribution in [0.3, 0.4) is 0 Å². The topological polar surface area (TPSA) is 40.7 Å². The summed E-state index contributed by atoms with van der Waals surface area (Å²) in [6.45, 7) is 9.24. The van der Waals surface area contributed by atoms with Gasteiger partial charge in [0.2, 0.25) is 0 Å². The van der Waals surface area contributed by atoms with E-state index in [9.17, 15) is 4.39 Å². The highest BCUT2D eigenvalue weighted by molar-refractivity contribution is 5.37. The number of nitrogens with one attached hydrogen (secondary N) is 2. The molecule has 0 aliphatic carbocycles. The molecule has 0 radical (unpaired) electrons. The minimum Gasteiger partial charge on any atom is -0.310 e. The third kappa shape index (κ3) is 3.07. The van der Waals surface area contributed by atoms with Crippen molar-refractivity contribution in [2.45, 2.75) is 45.7 Å². The number of aromatic nitrogens is 2. The van der Waals surface area contributed by atoms with Crippen LogP contribution in [0.2, 0.25) is 0 Å². The van der Waals surface area contributed by atoms with Crippen molar-refractivity contribution in [1.82, 2.24) is 15.5 Å². The van der Waals surface area contributed by atoms with Crippen molar-refractivity contribution >= 4 is 0 Å². The van der Waals surface area contributed by atoms with Crippen molar-refractivity contribution < 1.29 is 4.39 Å². The van der Waals surface area contributed by atoms with Crippen LogP contribution in [0.1, 0.15) is 44.5 Å². The van der Waals surface area contributed by atoms with Gasteiger partial charge in [-0.1, -0.05) is 39.8 Å². The van der Waals surface area contributed by atoms with Crippen molar-refractivity contribution in [3.05, 3.63) is 53.1 Å². The Kier molecular flexibility index (Phi) is 4.23. The van der Waals surface area contributed by atoms with Crippen LogP contribution in [-0.4, -0.2) is 16.2 Å². The molecule has 2 N–H and O–H groups in total. The van der Waals surface area contributed by atoms with Crippen LogP contribution in [-0.2, 0) is 12.0 Å². The molecule has 0 unspecified atom stereocenters. The summed E-state index contributed by atoms with van der Waals surface area (Å²) in [5, 5.41) is 10.7. The number of hydrogen-bond donors (Lipinski definition) is 2. The summed E-state index contributed by atoms with van der Waals surface area (Å²) in [7, 11) is 0. The molecule has 4 heteroatoms. The number of H-pyrrole nitrogens is 1. The Morgan fingerprint density at radius 1 is 1.25 bits per heavy atom. The van der Waals surface area contributed by atoms with Crippen molar-refractivity contribution in [3.8, 4) is 0 Å². The van der Waals surface area contributed by atoms with Gasteiger partial charge in [-0.05, 0) is 17.7 Å². The van der Waals surface area contributed by atoms with E-state index in [0.717, 1.165) is 23.4 Å². The number of rotatable bonds is 5. The highest BCUT2D eigenvalue weighted by atomic mass is 19.1. The zero-order valence-corrected chi connectivity index (χ0v) is 12.5. The average Bonchev–Trinajstić information content (AvgIpc) is 2.86. The van der Waals surface area contributed by atoms with Gasteiger partial charge in [-0.25, -0.2) is 4.39 Å². The van der Waals surface area contributed by atoms with E-state index in [0.29, 0.717) is 6.04 Å². The van der Waals surface area contributed by atoms with Crippen LogP contribution in [0.25, 0.3) is 0 Å². The number of hydrogen-bond acceptors (Lipinski definition) is 2. The summed E-state index contributed by atoms with van der Waals surface area (Å²) in [6, 6.07) is 7.08. The number of benzene rings is 1. The van der Waals surface area contributed by atoms with Crippen molar-refractivity contribution in [1.29, 1.82) is 0 Å². The van der Waals surface area contributed by atoms with Crippen LogP contribution in [0, 0.1) is 5.82 Å². The second-order valence-corrected chi connectivity index (χ2v) is 5.94. The molecule has 0 saturated heterocycles. The van der Waals surface area contributed by atoms with Crippen molar-refractivity contribution in [2.24, 2.45) is 0 Å². The first kappa shape index (κ1) is 14.7. The normalized spacial score (nSPS) is 12.1. The lowest BCUT2D eigenvalue weighted by molar-refractivity contribution is 0.563. The van der Waals surface area contributed by atoms with E-state index in [1.807, 2.05) is 18.3 Å². The quantitative estimate of drug-likeness (QED) is 0.878. The van der Waals surface area contributed by atoms with Crippen molar-refractivity contribution in [3.63, 3.8) is 0 Å². The highest BCUT2D eigenvalue weighted by Crippen LogP contribution is 2.32. The summed E-state index contributed by atoms with van der Waals surface area (Å²) in [5.41, 5.74) is 3.04. The molecule has 3 nitrogen and oxygen atoms in total. The first-order valence-corrected chi connectivity index (χ1v) is 6.93. The largest absolute Gasteiger partial charge is 0.310 e. The van der Waals surface area contributed by atoms with E-state index in [-0.39, 0.29) is 11.2 Å². The van der Waals surface area contributed by atoms with Gasteiger partial charge in [0, 0.05) is 29.3 Å². The molecule has 0 saturated carbocycles. The molecule has 0 spiro atoms. The van der Waals surface area contributed by atoms with Crippen LogP contribution in [0.15, 0.2) is 30.5 Å². The summed E-state index contributed by atoms with van der Waals surface area (Å²) < 4.78 is 13.1. The lowest BCUT2D eigenvalue weighted by atomic mass is 9.80. The first-order chi connectivity index (χ1) is 9.41. The predicted molar refractivity (Wildman–Crippen MR) is 79.1 cm³/mol. The Morgan fingerprint density at radius 3 is 2.50 bits per heavy atom. The lowest BCUT2D eigenvalue weighted by Gasteiger charge is -2.25. The summed E-state index contributed by atoms with van der Waals surface area (Å²) in [5.74, 6) is -0.212. The van der Waals surface area contributed by atoms with Gasteiger partial charge in [0.05, 0.1) is 6.20 Å². The SMILES string of the molecule is CC(C)NCc1cn[nH]c1C(C)(C)c1ccc(F)cc1. The molecule has 2 rings (SSSR count). The molecule has 0 atom stereocenters. The Bertz CT molecular complexity index is 555. The van der Waals surface area contributed by atoms with Gasteiger partial charge in [0.1, 0.15) is 5.82 Å². The second kappa shape index (κ2) is 5.75. The number of halogens is 1. The molecule has 108 valence electrons. The smallest absolute Gasteiger partial charge is 0.123 e. The van der Waals surface area contributed by atoms with Gasteiger partial charge in [0.25, 0.3) is 0 Å². The fourth-order valence-corrected chi connectivity index (χ4v) is 2.31. The first-order valence-electron chi connectivity index (χ1n) is 6.93. The predicted octanol–water partition coefficient (Wildman–Crippen LogP) is 3.37. The molecule has 1 aromatic heterocycles. The van der Waals surface area contributed by atoms with Gasteiger partial charge < -0.3 is 5.32 Å². The van der Waals surface area contributed by atoms with Gasteiger partial charge >= 0.3 is 0 Å². The van der Waals surface area contributed by atoms with Crippen LogP contribution in [0.5, 0.6) is 0 Å². The van der Waals surface area contributed by atoms with Gasteiger partial charge in [-0.15, -0.1) is 0 Å². The van der Waals surface area contributed by atoms with Gasteiger partial charge in [-0.3, -0.25) is 5.10 Å². The maximum Gasteiger partial charge on any atom is 0.123 e. The molecule has 1 aromatic carbocycles. The number of aromatic amines is 1. The maximum absolute atomic E-state index is 13.1. The highest BCUT2D eigenvalue weighted by Gasteiger charge is 2.27. The van der Waals surface area contributed by atoms with E-state index in [1.54, 1.807) is 0 Å². The van der Waals surface area contributed by atoms with Crippen LogP contribution >= 0.6 is 0 Å². The van der Waals surface area contributed by atoms with Crippen LogP contribution < -0.4 is 5.32 Å². The Hall–Kier alpha value is -1.68. The maximum atomic E-state index is 13.1. The van der Waals surface area contributed by atoms with E-state index in [1.165, 1.54) is 12.1 Å². The molecule has 0 aliphatic rings. The molecule has 20 heavy (non-hydrogen) atoms. The Labute approximate surface area is 119 Å². The molecular formula is C16H22FN3. The van der Waals surface area contributed by atoms with Crippen LogP contribution in [0.4, 0.5) is 4.39 Å². The lowest BCUT2D eigenvalue weighted by Crippen LogP contribution is -2.26. The average molecular weight is 275 g/mol. The van der Waals surface area contributed by atoms with E-state index in [4.69, 9.17) is 0 Å². The monoisotopic (exact) mass is 275 g/mol. The van der Waals surface area contributed by atoms with Gasteiger partial charge in [0.15, 0.2) is 0 Å². The molecule has 0 aliphatic heterocycles. The zero-order valence-electron chi connectivity index (χ0n) is 12.5. The third-order valence-electron chi connectivity index (χ3n) is 3.61. The van der Waals surface area contributed by atoms with E-state index in [2.05, 4.69) is 43.2 Å². The number of nitrogens with zero attached hydrogens (tertiary/aromatic N) is 1.